The summed E-state index contributed by atoms with van der Waals surface area (Å²) in [6, 6.07) is 7.51. The Bertz CT molecular complexity index is 742. The van der Waals surface area contributed by atoms with E-state index in [4.69, 9.17) is 23.2 Å². The third-order valence-electron chi connectivity index (χ3n) is 3.66. The molecule has 0 N–H and O–H groups in total. The zero-order chi connectivity index (χ0) is 15.2. The van der Waals surface area contributed by atoms with Gasteiger partial charge in [-0.05, 0) is 32.4 Å². The minimum absolute atomic E-state index is 0.0110. The van der Waals surface area contributed by atoms with Gasteiger partial charge in [0.25, 0.3) is 5.56 Å². The summed E-state index contributed by atoms with van der Waals surface area (Å²) >= 11 is 13.7. The maximum atomic E-state index is 12.6. The van der Waals surface area contributed by atoms with Gasteiger partial charge in [0.15, 0.2) is 5.16 Å². The summed E-state index contributed by atoms with van der Waals surface area (Å²) in [5.74, 6) is 1.06. The molecule has 1 aliphatic rings. The number of aromatic nitrogens is 2. The van der Waals surface area contributed by atoms with E-state index in [1.807, 2.05) is 38.1 Å². The third-order valence-corrected chi connectivity index (χ3v) is 5.70. The predicted molar refractivity (Wildman–Crippen MR) is 89.7 cm³/mol. The second-order valence-electron chi connectivity index (χ2n) is 5.65. The summed E-state index contributed by atoms with van der Waals surface area (Å²) in [6.07, 6.45) is 0.808. The van der Waals surface area contributed by atoms with Crippen LogP contribution in [0.1, 0.15) is 26.3 Å². The molecule has 3 rings (SSSR count). The van der Waals surface area contributed by atoms with Gasteiger partial charge in [0, 0.05) is 17.7 Å². The molecule has 0 saturated heterocycles. The Kier molecular flexibility index (Phi) is 3.97. The van der Waals surface area contributed by atoms with Crippen molar-refractivity contribution in [3.8, 4) is 0 Å². The molecule has 112 valence electrons. The van der Waals surface area contributed by atoms with Crippen molar-refractivity contribution in [3.63, 3.8) is 0 Å². The van der Waals surface area contributed by atoms with Crippen molar-refractivity contribution in [1.82, 2.24) is 9.55 Å². The summed E-state index contributed by atoms with van der Waals surface area (Å²) < 4.78 is 1.16. The fourth-order valence-corrected chi connectivity index (χ4v) is 4.37. The molecule has 6 heteroatoms. The molecular formula is C15H16Cl2N2OS. The molecular weight excluding hydrogens is 327 g/mol. The molecule has 3 nitrogen and oxygen atoms in total. The predicted octanol–water partition coefficient (Wildman–Crippen LogP) is 4.26. The lowest BCUT2D eigenvalue weighted by Gasteiger charge is -2.16. The topological polar surface area (TPSA) is 34.9 Å². The molecule has 0 aliphatic heterocycles. The highest BCUT2D eigenvalue weighted by Gasteiger charge is 2.51. The van der Waals surface area contributed by atoms with Gasteiger partial charge in [-0.1, -0.05) is 23.9 Å². The SMILES string of the molecule is CC(C)n1c(SC[C@@H]2CC2(Cl)Cl)nc2ccccc2c1=O. The van der Waals surface area contributed by atoms with Crippen LogP contribution in [0.15, 0.2) is 34.2 Å². The van der Waals surface area contributed by atoms with E-state index < -0.39 is 4.33 Å². The number of halogens is 2. The van der Waals surface area contributed by atoms with Crippen LogP contribution in [0.25, 0.3) is 10.9 Å². The van der Waals surface area contributed by atoms with Crippen LogP contribution in [0.5, 0.6) is 0 Å². The van der Waals surface area contributed by atoms with E-state index in [9.17, 15) is 4.79 Å². The van der Waals surface area contributed by atoms with E-state index in [1.165, 1.54) is 0 Å². The van der Waals surface area contributed by atoms with Gasteiger partial charge >= 0.3 is 0 Å². The number of benzene rings is 1. The first-order valence-electron chi connectivity index (χ1n) is 6.92. The molecule has 0 spiro atoms. The van der Waals surface area contributed by atoms with E-state index in [-0.39, 0.29) is 17.5 Å². The van der Waals surface area contributed by atoms with Gasteiger partial charge in [0.1, 0.15) is 4.33 Å². The highest BCUT2D eigenvalue weighted by Crippen LogP contribution is 2.54. The number of nitrogens with zero attached hydrogens (tertiary/aromatic N) is 2. The lowest BCUT2D eigenvalue weighted by Crippen LogP contribution is -2.25. The van der Waals surface area contributed by atoms with Crippen LogP contribution >= 0.6 is 35.0 Å². The quantitative estimate of drug-likeness (QED) is 0.473. The van der Waals surface area contributed by atoms with Crippen LogP contribution in [-0.4, -0.2) is 19.6 Å². The van der Waals surface area contributed by atoms with Crippen LogP contribution in [0, 0.1) is 5.92 Å². The summed E-state index contributed by atoms with van der Waals surface area (Å²) in [5, 5.41) is 1.40. The lowest BCUT2D eigenvalue weighted by atomic mass is 10.2. The molecule has 1 aliphatic carbocycles. The molecule has 1 saturated carbocycles. The molecule has 1 heterocycles. The van der Waals surface area contributed by atoms with Gasteiger partial charge < -0.3 is 0 Å². The Balaban J connectivity index is 1.99. The zero-order valence-electron chi connectivity index (χ0n) is 11.8. The first-order valence-corrected chi connectivity index (χ1v) is 8.66. The average molecular weight is 343 g/mol. The van der Waals surface area contributed by atoms with Gasteiger partial charge in [-0.25, -0.2) is 4.98 Å². The maximum Gasteiger partial charge on any atom is 0.262 e. The van der Waals surface area contributed by atoms with Crippen LogP contribution in [-0.2, 0) is 0 Å². The Morgan fingerprint density at radius 2 is 2.10 bits per heavy atom. The van der Waals surface area contributed by atoms with Crippen molar-refractivity contribution in [3.05, 3.63) is 34.6 Å². The van der Waals surface area contributed by atoms with Crippen LogP contribution in [0.2, 0.25) is 0 Å². The Morgan fingerprint density at radius 1 is 1.43 bits per heavy atom. The maximum absolute atomic E-state index is 12.6. The second kappa shape index (κ2) is 5.49. The van der Waals surface area contributed by atoms with Crippen molar-refractivity contribution in [2.75, 3.05) is 5.75 Å². The highest BCUT2D eigenvalue weighted by atomic mass is 35.5. The first-order chi connectivity index (χ1) is 9.90. The van der Waals surface area contributed by atoms with Crippen molar-refractivity contribution < 1.29 is 0 Å². The normalized spacial score (nSPS) is 20.1. The van der Waals surface area contributed by atoms with E-state index in [1.54, 1.807) is 16.3 Å². The molecule has 0 unspecified atom stereocenters. The number of hydrogen-bond donors (Lipinski definition) is 0. The van der Waals surface area contributed by atoms with Crippen LogP contribution in [0.3, 0.4) is 0 Å². The molecule has 1 aromatic heterocycles. The first kappa shape index (κ1) is 15.2. The Morgan fingerprint density at radius 3 is 2.71 bits per heavy atom. The molecule has 2 aromatic rings. The van der Waals surface area contributed by atoms with Gasteiger partial charge in [-0.2, -0.15) is 0 Å². The van der Waals surface area contributed by atoms with Gasteiger partial charge in [-0.15, -0.1) is 23.2 Å². The van der Waals surface area contributed by atoms with Gasteiger partial charge in [0.2, 0.25) is 0 Å². The number of alkyl halides is 2. The molecule has 1 atom stereocenters. The minimum atomic E-state index is -0.590. The van der Waals surface area contributed by atoms with Crippen molar-refractivity contribution >= 4 is 45.9 Å². The summed E-state index contributed by atoms with van der Waals surface area (Å²) in [6.45, 7) is 3.98. The van der Waals surface area contributed by atoms with Crippen molar-refractivity contribution in [2.24, 2.45) is 5.92 Å². The molecule has 0 radical (unpaired) electrons. The number of hydrogen-bond acceptors (Lipinski definition) is 3. The number of para-hydroxylation sites is 1. The smallest absolute Gasteiger partial charge is 0.262 e. The van der Waals surface area contributed by atoms with Gasteiger partial charge in [0.05, 0.1) is 10.9 Å². The molecule has 21 heavy (non-hydrogen) atoms. The van der Waals surface area contributed by atoms with E-state index in [0.29, 0.717) is 5.39 Å². The van der Waals surface area contributed by atoms with E-state index in [0.717, 1.165) is 22.8 Å². The summed E-state index contributed by atoms with van der Waals surface area (Å²) in [5.41, 5.74) is 0.748. The number of thioether (sulfide) groups is 1. The standard InChI is InChI=1S/C15H16Cl2N2OS/c1-9(2)19-13(20)11-5-3-4-6-12(11)18-14(19)21-8-10-7-15(10,16)17/h3-6,9-10H,7-8H2,1-2H3/t10-/m0/s1. The molecule has 0 amide bonds. The van der Waals surface area contributed by atoms with Gasteiger partial charge in [-0.3, -0.25) is 9.36 Å². The largest absolute Gasteiger partial charge is 0.285 e. The van der Waals surface area contributed by atoms with Crippen molar-refractivity contribution in [1.29, 1.82) is 0 Å². The fourth-order valence-electron chi connectivity index (χ4n) is 2.31. The average Bonchev–Trinajstić information content (AvgIpc) is 3.03. The molecule has 1 aromatic carbocycles. The lowest BCUT2D eigenvalue weighted by molar-refractivity contribution is 0.519. The number of fused-ring (bicyclic) bond motifs is 1. The van der Waals surface area contributed by atoms with Crippen LogP contribution in [0.4, 0.5) is 0 Å². The van der Waals surface area contributed by atoms with Crippen LogP contribution < -0.4 is 5.56 Å². The summed E-state index contributed by atoms with van der Waals surface area (Å²) in [7, 11) is 0. The fraction of sp³-hybridized carbons (Fsp3) is 0.467. The molecule has 0 bridgehead atoms. The number of rotatable bonds is 4. The zero-order valence-corrected chi connectivity index (χ0v) is 14.2. The molecule has 1 fully saturated rings. The Hall–Kier alpha value is -0.710. The van der Waals surface area contributed by atoms with E-state index >= 15 is 0 Å². The second-order valence-corrected chi connectivity index (χ2v) is 8.18. The highest BCUT2D eigenvalue weighted by molar-refractivity contribution is 7.99. The minimum Gasteiger partial charge on any atom is -0.285 e. The Labute approximate surface area is 137 Å². The van der Waals surface area contributed by atoms with E-state index in [2.05, 4.69) is 4.98 Å². The third kappa shape index (κ3) is 2.94. The van der Waals surface area contributed by atoms with Crippen molar-refractivity contribution in [2.45, 2.75) is 35.8 Å². The summed E-state index contributed by atoms with van der Waals surface area (Å²) in [4.78, 5) is 17.3. The monoisotopic (exact) mass is 342 g/mol.